The van der Waals surface area contributed by atoms with Crippen LogP contribution >= 0.6 is 0 Å². The first-order valence-electron chi connectivity index (χ1n) is 12.4. The minimum Gasteiger partial charge on any atom is -0.491 e. The predicted octanol–water partition coefficient (Wildman–Crippen LogP) is 0.379. The molecule has 0 unspecified atom stereocenters. The van der Waals surface area contributed by atoms with Gasteiger partial charge in [0.15, 0.2) is 0 Å². The first-order valence-corrected chi connectivity index (χ1v) is 12.4. The van der Waals surface area contributed by atoms with Crippen LogP contribution in [0, 0.1) is 5.92 Å². The SMILES string of the molecule is CCN1CCN(C(=O)[C@@H]2CC(=O)N[C@@H](CC(C)C)C(=O)NCCOc3ccccc3C(=O)N2)CC1. The summed E-state index contributed by atoms with van der Waals surface area (Å²) in [5, 5.41) is 8.32. The Balaban J connectivity index is 1.85. The van der Waals surface area contributed by atoms with E-state index in [-0.39, 0.29) is 42.9 Å². The molecule has 1 aromatic carbocycles. The summed E-state index contributed by atoms with van der Waals surface area (Å²) in [6.07, 6.45) is 0.189. The molecule has 2 aliphatic heterocycles. The van der Waals surface area contributed by atoms with Crippen LogP contribution in [-0.4, -0.2) is 91.4 Å². The summed E-state index contributed by atoms with van der Waals surface area (Å²) < 4.78 is 5.76. The zero-order valence-corrected chi connectivity index (χ0v) is 20.8. The number of fused-ring (bicyclic) bond motifs is 1. The Kier molecular flexibility index (Phi) is 9.47. The standard InChI is InChI=1S/C25H37N5O5/c1-4-29-10-12-30(13-11-29)25(34)20-16-22(31)27-19(15-17(2)3)24(33)26-9-14-35-21-8-6-5-7-18(21)23(32)28-20/h5-8,17,19-20H,4,9-16H2,1-3H3,(H,26,33)(H,27,31)(H,28,32)/t19-,20-/m0/s1. The number of para-hydroxylation sites is 1. The first-order chi connectivity index (χ1) is 16.8. The van der Waals surface area contributed by atoms with Crippen LogP contribution in [0.15, 0.2) is 24.3 Å². The van der Waals surface area contributed by atoms with E-state index in [0.717, 1.165) is 19.6 Å². The molecular formula is C25H37N5O5. The lowest BCUT2D eigenvalue weighted by molar-refractivity contribution is -0.137. The van der Waals surface area contributed by atoms with E-state index in [9.17, 15) is 19.2 Å². The first kappa shape index (κ1) is 26.5. The number of hydrogen-bond acceptors (Lipinski definition) is 6. The molecule has 192 valence electrons. The number of carbonyl (C=O) groups is 4. The molecule has 3 rings (SSSR count). The van der Waals surface area contributed by atoms with Crippen molar-refractivity contribution in [3.63, 3.8) is 0 Å². The highest BCUT2D eigenvalue weighted by Crippen LogP contribution is 2.19. The maximum absolute atomic E-state index is 13.4. The summed E-state index contributed by atoms with van der Waals surface area (Å²) >= 11 is 0. The summed E-state index contributed by atoms with van der Waals surface area (Å²) in [6.45, 7) is 9.82. The topological polar surface area (TPSA) is 120 Å². The van der Waals surface area contributed by atoms with Crippen molar-refractivity contribution in [2.24, 2.45) is 5.92 Å². The highest BCUT2D eigenvalue weighted by atomic mass is 16.5. The molecule has 0 aliphatic carbocycles. The van der Waals surface area contributed by atoms with E-state index in [4.69, 9.17) is 4.74 Å². The van der Waals surface area contributed by atoms with Gasteiger partial charge in [-0.25, -0.2) is 0 Å². The molecule has 1 saturated heterocycles. The van der Waals surface area contributed by atoms with Crippen LogP contribution in [0.2, 0.25) is 0 Å². The summed E-state index contributed by atoms with van der Waals surface area (Å²) in [4.78, 5) is 56.3. The van der Waals surface area contributed by atoms with Crippen LogP contribution in [0.4, 0.5) is 0 Å². The molecule has 0 spiro atoms. The van der Waals surface area contributed by atoms with E-state index < -0.39 is 23.9 Å². The fourth-order valence-electron chi connectivity index (χ4n) is 4.32. The van der Waals surface area contributed by atoms with Crippen LogP contribution in [-0.2, 0) is 14.4 Å². The third kappa shape index (κ3) is 7.42. The van der Waals surface area contributed by atoms with Crippen LogP contribution in [0.25, 0.3) is 0 Å². The third-order valence-corrected chi connectivity index (χ3v) is 6.27. The van der Waals surface area contributed by atoms with E-state index in [2.05, 4.69) is 27.8 Å². The van der Waals surface area contributed by atoms with Crippen molar-refractivity contribution < 1.29 is 23.9 Å². The van der Waals surface area contributed by atoms with Gasteiger partial charge in [-0.1, -0.05) is 32.9 Å². The third-order valence-electron chi connectivity index (χ3n) is 6.27. The summed E-state index contributed by atoms with van der Waals surface area (Å²) in [6, 6.07) is 4.92. The number of nitrogens with one attached hydrogen (secondary N) is 3. The van der Waals surface area contributed by atoms with Crippen LogP contribution < -0.4 is 20.7 Å². The molecule has 3 N–H and O–H groups in total. The molecule has 2 aliphatic rings. The van der Waals surface area contributed by atoms with Gasteiger partial charge < -0.3 is 30.5 Å². The van der Waals surface area contributed by atoms with Crippen molar-refractivity contribution in [3.8, 4) is 5.75 Å². The molecule has 2 atom stereocenters. The molecule has 35 heavy (non-hydrogen) atoms. The van der Waals surface area contributed by atoms with Gasteiger partial charge in [0.25, 0.3) is 5.91 Å². The Labute approximate surface area is 206 Å². The second-order valence-corrected chi connectivity index (χ2v) is 9.38. The van der Waals surface area contributed by atoms with Crippen molar-refractivity contribution in [1.82, 2.24) is 25.8 Å². The van der Waals surface area contributed by atoms with E-state index in [1.54, 1.807) is 29.2 Å². The number of ether oxygens (including phenoxy) is 1. The highest BCUT2D eigenvalue weighted by Gasteiger charge is 2.32. The number of amides is 4. The number of hydrogen-bond donors (Lipinski definition) is 3. The van der Waals surface area contributed by atoms with Gasteiger partial charge in [0.2, 0.25) is 17.7 Å². The second-order valence-electron chi connectivity index (χ2n) is 9.38. The van der Waals surface area contributed by atoms with Crippen LogP contribution in [0.5, 0.6) is 5.75 Å². The smallest absolute Gasteiger partial charge is 0.255 e. The van der Waals surface area contributed by atoms with Gasteiger partial charge >= 0.3 is 0 Å². The predicted molar refractivity (Wildman–Crippen MR) is 131 cm³/mol. The van der Waals surface area contributed by atoms with Gasteiger partial charge in [-0.15, -0.1) is 0 Å². The lowest BCUT2D eigenvalue weighted by Crippen LogP contribution is -2.56. The fourth-order valence-corrected chi connectivity index (χ4v) is 4.32. The van der Waals surface area contributed by atoms with Crippen molar-refractivity contribution >= 4 is 23.6 Å². The zero-order chi connectivity index (χ0) is 25.4. The molecule has 0 radical (unpaired) electrons. The molecule has 10 heteroatoms. The Morgan fingerprint density at radius 3 is 2.49 bits per heavy atom. The van der Waals surface area contributed by atoms with E-state index >= 15 is 0 Å². The number of nitrogens with zero attached hydrogens (tertiary/aromatic N) is 2. The minimum absolute atomic E-state index is 0.155. The van der Waals surface area contributed by atoms with Gasteiger partial charge in [-0.3, -0.25) is 19.2 Å². The number of rotatable bonds is 4. The second kappa shape index (κ2) is 12.5. The van der Waals surface area contributed by atoms with Crippen molar-refractivity contribution in [2.45, 2.75) is 45.7 Å². The van der Waals surface area contributed by atoms with E-state index in [1.807, 2.05) is 13.8 Å². The quantitative estimate of drug-likeness (QED) is 0.565. The van der Waals surface area contributed by atoms with Crippen molar-refractivity contribution in [3.05, 3.63) is 29.8 Å². The van der Waals surface area contributed by atoms with Crippen molar-refractivity contribution in [1.29, 1.82) is 0 Å². The average molecular weight is 488 g/mol. The average Bonchev–Trinajstić information content (AvgIpc) is 2.84. The normalized spacial score (nSPS) is 22.9. The Morgan fingerprint density at radius 2 is 1.80 bits per heavy atom. The Hall–Kier alpha value is -3.14. The largest absolute Gasteiger partial charge is 0.491 e. The monoisotopic (exact) mass is 487 g/mol. The number of likely N-dealkylation sites (N-methyl/N-ethyl adjacent to an activating group) is 1. The van der Waals surface area contributed by atoms with Gasteiger partial charge in [0.05, 0.1) is 18.5 Å². The zero-order valence-electron chi connectivity index (χ0n) is 20.8. The Morgan fingerprint density at radius 1 is 1.09 bits per heavy atom. The molecule has 10 nitrogen and oxygen atoms in total. The fraction of sp³-hybridized carbons (Fsp3) is 0.600. The van der Waals surface area contributed by atoms with E-state index in [1.165, 1.54) is 0 Å². The summed E-state index contributed by atoms with van der Waals surface area (Å²) in [5.74, 6) is -1.04. The number of carbonyl (C=O) groups excluding carboxylic acids is 4. The van der Waals surface area contributed by atoms with Crippen LogP contribution in [0.1, 0.15) is 44.0 Å². The molecule has 0 saturated carbocycles. The maximum Gasteiger partial charge on any atom is 0.255 e. The molecule has 2 heterocycles. The molecule has 0 aromatic heterocycles. The molecule has 1 aromatic rings. The van der Waals surface area contributed by atoms with Gasteiger partial charge in [0.1, 0.15) is 24.4 Å². The lowest BCUT2D eigenvalue weighted by atomic mass is 10.0. The van der Waals surface area contributed by atoms with Gasteiger partial charge in [-0.05, 0) is 31.0 Å². The Bertz CT molecular complexity index is 913. The molecule has 0 bridgehead atoms. The minimum atomic E-state index is -1.06. The number of benzene rings is 1. The molecular weight excluding hydrogens is 450 g/mol. The summed E-state index contributed by atoms with van der Waals surface area (Å²) in [5.41, 5.74) is 0.266. The summed E-state index contributed by atoms with van der Waals surface area (Å²) in [7, 11) is 0. The maximum atomic E-state index is 13.4. The van der Waals surface area contributed by atoms with Crippen LogP contribution in [0.3, 0.4) is 0 Å². The van der Waals surface area contributed by atoms with Gasteiger partial charge in [0, 0.05) is 26.2 Å². The van der Waals surface area contributed by atoms with Crippen molar-refractivity contribution in [2.75, 3.05) is 45.9 Å². The highest BCUT2D eigenvalue weighted by molar-refractivity contribution is 6.01. The lowest BCUT2D eigenvalue weighted by Gasteiger charge is -2.36. The number of piperazine rings is 1. The van der Waals surface area contributed by atoms with E-state index in [0.29, 0.717) is 25.3 Å². The van der Waals surface area contributed by atoms with Gasteiger partial charge in [-0.2, -0.15) is 0 Å². The molecule has 4 amide bonds. The molecule has 1 fully saturated rings.